The molecule has 92 valence electrons. The van der Waals surface area contributed by atoms with Crippen LogP contribution in [0.25, 0.3) is 0 Å². The Hall–Kier alpha value is -1.26. The molecule has 0 aromatic rings. The molecule has 3 aliphatic heterocycles. The van der Waals surface area contributed by atoms with E-state index < -0.39 is 0 Å². The highest BCUT2D eigenvalue weighted by molar-refractivity contribution is 5.96. The summed E-state index contributed by atoms with van der Waals surface area (Å²) >= 11 is 0. The molecule has 0 aromatic carbocycles. The third-order valence-electron chi connectivity index (χ3n) is 3.05. The van der Waals surface area contributed by atoms with Crippen LogP contribution in [0.3, 0.4) is 0 Å². The van der Waals surface area contributed by atoms with Crippen molar-refractivity contribution in [2.45, 2.75) is 19.6 Å². The summed E-state index contributed by atoms with van der Waals surface area (Å²) in [5, 5.41) is 3.19. The summed E-state index contributed by atoms with van der Waals surface area (Å²) in [5.74, 6) is 0.0639. The summed E-state index contributed by atoms with van der Waals surface area (Å²) in [6.45, 7) is 3.56. The van der Waals surface area contributed by atoms with Gasteiger partial charge in [0.1, 0.15) is 6.26 Å². The monoisotopic (exact) mass is 254 g/mol. The zero-order valence-electron chi connectivity index (χ0n) is 9.60. The summed E-state index contributed by atoms with van der Waals surface area (Å²) in [5.41, 5.74) is 2.78. The Balaban J connectivity index is 0.00000108. The van der Waals surface area contributed by atoms with Crippen LogP contribution in [0.5, 0.6) is 0 Å². The Kier molecular flexibility index (Phi) is 3.26. The van der Waals surface area contributed by atoms with Crippen LogP contribution in [-0.4, -0.2) is 30.1 Å². The van der Waals surface area contributed by atoms with Crippen molar-refractivity contribution in [2.24, 2.45) is 0 Å². The van der Waals surface area contributed by atoms with Gasteiger partial charge in [0.2, 0.25) is 0 Å². The van der Waals surface area contributed by atoms with Crippen LogP contribution in [0.1, 0.15) is 13.3 Å². The fraction of sp³-hybridized carbons (Fsp3) is 0.417. The van der Waals surface area contributed by atoms with Crippen molar-refractivity contribution < 1.29 is 9.53 Å². The van der Waals surface area contributed by atoms with E-state index in [4.69, 9.17) is 4.74 Å². The number of amides is 1. The third kappa shape index (κ3) is 1.98. The average Bonchev–Trinajstić information content (AvgIpc) is 2.62. The number of carbonyl (C=O) groups excluding carboxylic acids is 1. The summed E-state index contributed by atoms with van der Waals surface area (Å²) < 4.78 is 5.59. The van der Waals surface area contributed by atoms with E-state index >= 15 is 0 Å². The summed E-state index contributed by atoms with van der Waals surface area (Å²) in [6, 6.07) is 0. The van der Waals surface area contributed by atoms with Gasteiger partial charge in [-0.25, -0.2) is 0 Å². The Morgan fingerprint density at radius 1 is 1.53 bits per heavy atom. The fourth-order valence-corrected chi connectivity index (χ4v) is 2.28. The zero-order chi connectivity index (χ0) is 11.1. The summed E-state index contributed by atoms with van der Waals surface area (Å²) in [4.78, 5) is 14.0. The molecule has 0 aliphatic carbocycles. The van der Waals surface area contributed by atoms with Crippen molar-refractivity contribution >= 4 is 18.3 Å². The minimum Gasteiger partial charge on any atom is -0.476 e. The van der Waals surface area contributed by atoms with Crippen LogP contribution < -0.4 is 5.32 Å². The van der Waals surface area contributed by atoms with Crippen molar-refractivity contribution in [3.8, 4) is 0 Å². The number of hydrogen-bond acceptors (Lipinski definition) is 3. The maximum absolute atomic E-state index is 12.3. The molecule has 17 heavy (non-hydrogen) atoms. The topological polar surface area (TPSA) is 41.6 Å². The maximum Gasteiger partial charge on any atom is 0.259 e. The van der Waals surface area contributed by atoms with Crippen molar-refractivity contribution in [1.29, 1.82) is 0 Å². The SMILES string of the molecule is CC1=CC2=CO[C@@H]3NCCC=C3C(=O)N2C1.Cl. The number of rotatable bonds is 0. The van der Waals surface area contributed by atoms with Crippen LogP contribution in [0.4, 0.5) is 0 Å². The van der Waals surface area contributed by atoms with E-state index in [1.807, 2.05) is 19.1 Å². The predicted octanol–water partition coefficient (Wildman–Crippen LogP) is 1.31. The molecular formula is C12H15ClN2O2. The highest BCUT2D eigenvalue weighted by Gasteiger charge is 2.34. The zero-order valence-corrected chi connectivity index (χ0v) is 10.4. The summed E-state index contributed by atoms with van der Waals surface area (Å²) in [7, 11) is 0. The van der Waals surface area contributed by atoms with Gasteiger partial charge in [0.15, 0.2) is 6.23 Å². The average molecular weight is 255 g/mol. The lowest BCUT2D eigenvalue weighted by molar-refractivity contribution is -0.125. The number of halogens is 1. The lowest BCUT2D eigenvalue weighted by atomic mass is 10.1. The van der Waals surface area contributed by atoms with Crippen LogP contribution >= 0.6 is 12.4 Å². The van der Waals surface area contributed by atoms with Gasteiger partial charge in [-0.15, -0.1) is 12.4 Å². The molecule has 0 bridgehead atoms. The third-order valence-corrected chi connectivity index (χ3v) is 3.05. The number of ether oxygens (including phenoxy) is 1. The van der Waals surface area contributed by atoms with Crippen LogP contribution in [0.2, 0.25) is 0 Å². The molecule has 1 atom stereocenters. The van der Waals surface area contributed by atoms with E-state index in [9.17, 15) is 4.79 Å². The first-order valence-corrected chi connectivity index (χ1v) is 5.54. The van der Waals surface area contributed by atoms with E-state index in [0.29, 0.717) is 6.54 Å². The summed E-state index contributed by atoms with van der Waals surface area (Å²) in [6.07, 6.45) is 6.27. The second kappa shape index (κ2) is 4.55. The molecule has 1 N–H and O–H groups in total. The molecule has 0 spiro atoms. The van der Waals surface area contributed by atoms with Crippen molar-refractivity contribution in [3.05, 3.63) is 35.3 Å². The number of fused-ring (bicyclic) bond motifs is 2. The number of hydrogen-bond donors (Lipinski definition) is 1. The minimum atomic E-state index is -0.270. The molecule has 3 aliphatic rings. The first kappa shape index (κ1) is 12.2. The fourth-order valence-electron chi connectivity index (χ4n) is 2.28. The number of carbonyl (C=O) groups is 1. The Morgan fingerprint density at radius 2 is 2.35 bits per heavy atom. The Morgan fingerprint density at radius 3 is 3.18 bits per heavy atom. The van der Waals surface area contributed by atoms with Gasteiger partial charge in [0.05, 0.1) is 11.3 Å². The van der Waals surface area contributed by atoms with E-state index in [1.165, 1.54) is 5.57 Å². The molecule has 0 radical (unpaired) electrons. The van der Waals surface area contributed by atoms with Crippen molar-refractivity contribution in [1.82, 2.24) is 10.2 Å². The number of nitrogens with one attached hydrogen (secondary N) is 1. The second-order valence-electron chi connectivity index (χ2n) is 4.34. The van der Waals surface area contributed by atoms with Crippen LogP contribution in [0, 0.1) is 0 Å². The van der Waals surface area contributed by atoms with Gasteiger partial charge in [-0.05, 0) is 19.4 Å². The normalized spacial score (nSPS) is 26.6. The Labute approximate surface area is 106 Å². The highest BCUT2D eigenvalue weighted by Crippen LogP contribution is 2.27. The Bertz CT molecular complexity index is 440. The maximum atomic E-state index is 12.3. The molecule has 4 nitrogen and oxygen atoms in total. The van der Waals surface area contributed by atoms with Crippen LogP contribution in [0.15, 0.2) is 35.3 Å². The van der Waals surface area contributed by atoms with Gasteiger partial charge in [0, 0.05) is 13.1 Å². The molecule has 0 aromatic heterocycles. The van der Waals surface area contributed by atoms with Gasteiger partial charge >= 0.3 is 0 Å². The largest absolute Gasteiger partial charge is 0.476 e. The standard InChI is InChI=1S/C12H14N2O2.ClH/c1-8-5-9-7-16-11-10(3-2-4-13-11)12(15)14(9)6-8;/h3,5,7,11,13H,2,4,6H2,1H3;1H/t11-;/m0./s1. The van der Waals surface area contributed by atoms with E-state index in [0.717, 1.165) is 24.2 Å². The van der Waals surface area contributed by atoms with Gasteiger partial charge in [-0.1, -0.05) is 11.6 Å². The van der Waals surface area contributed by atoms with Gasteiger partial charge < -0.3 is 9.64 Å². The number of allylic oxidation sites excluding steroid dienone is 1. The first-order chi connectivity index (χ1) is 7.75. The van der Waals surface area contributed by atoms with Gasteiger partial charge in [0.25, 0.3) is 5.91 Å². The highest BCUT2D eigenvalue weighted by atomic mass is 35.5. The molecule has 0 saturated carbocycles. The predicted molar refractivity (Wildman–Crippen MR) is 66.4 cm³/mol. The molecule has 0 saturated heterocycles. The lowest BCUT2D eigenvalue weighted by Gasteiger charge is -2.24. The van der Waals surface area contributed by atoms with Crippen molar-refractivity contribution in [3.63, 3.8) is 0 Å². The molecule has 0 unspecified atom stereocenters. The molecule has 3 rings (SSSR count). The molecule has 3 heterocycles. The van der Waals surface area contributed by atoms with Gasteiger partial charge in [-0.2, -0.15) is 0 Å². The molecule has 5 heteroatoms. The van der Waals surface area contributed by atoms with Gasteiger partial charge in [-0.3, -0.25) is 10.1 Å². The van der Waals surface area contributed by atoms with E-state index in [2.05, 4.69) is 5.32 Å². The molecular weight excluding hydrogens is 240 g/mol. The second-order valence-corrected chi connectivity index (χ2v) is 4.34. The van der Waals surface area contributed by atoms with E-state index in [1.54, 1.807) is 11.2 Å². The smallest absolute Gasteiger partial charge is 0.259 e. The first-order valence-electron chi connectivity index (χ1n) is 5.54. The van der Waals surface area contributed by atoms with Crippen LogP contribution in [-0.2, 0) is 9.53 Å². The number of nitrogens with zero attached hydrogens (tertiary/aromatic N) is 1. The molecule has 0 fully saturated rings. The lowest BCUT2D eigenvalue weighted by Crippen LogP contribution is -2.41. The molecule has 1 amide bonds. The minimum absolute atomic E-state index is 0. The quantitative estimate of drug-likeness (QED) is 0.709. The van der Waals surface area contributed by atoms with E-state index in [-0.39, 0.29) is 24.5 Å². The van der Waals surface area contributed by atoms with Crippen molar-refractivity contribution in [2.75, 3.05) is 13.1 Å².